The lowest BCUT2D eigenvalue weighted by Crippen LogP contribution is -2.20. The van der Waals surface area contributed by atoms with Gasteiger partial charge in [-0.3, -0.25) is 14.3 Å². The van der Waals surface area contributed by atoms with Crippen LogP contribution in [-0.4, -0.2) is 40.7 Å². The molecule has 10 heteroatoms. The van der Waals surface area contributed by atoms with E-state index in [4.69, 9.17) is 9.84 Å². The maximum Gasteiger partial charge on any atom is 0.254 e. The largest absolute Gasteiger partial charge is 0.494 e. The van der Waals surface area contributed by atoms with E-state index in [1.807, 2.05) is 10.7 Å². The summed E-state index contributed by atoms with van der Waals surface area (Å²) in [6.07, 6.45) is 5.23. The molecule has 1 fully saturated rings. The minimum absolute atomic E-state index is 0.0478. The number of amides is 2. The van der Waals surface area contributed by atoms with E-state index in [0.717, 1.165) is 53.3 Å². The number of ether oxygens (including phenoxy) is 1. The summed E-state index contributed by atoms with van der Waals surface area (Å²) in [4.78, 5) is 29.0. The third-order valence-corrected chi connectivity index (χ3v) is 6.46. The number of pyridine rings is 1. The van der Waals surface area contributed by atoms with Crippen LogP contribution in [-0.2, 0) is 17.8 Å². The van der Waals surface area contributed by atoms with Crippen LogP contribution >= 0.6 is 15.9 Å². The SMILES string of the molecule is CNC(=O)c1cnc(NC(=O)C2CC2)cc1Nc1cc(Br)c2nn3c(c2c1OC)CCC3. The van der Waals surface area contributed by atoms with Crippen molar-refractivity contribution in [2.75, 3.05) is 24.8 Å². The van der Waals surface area contributed by atoms with Crippen LogP contribution in [0.5, 0.6) is 5.75 Å². The Kier molecular flexibility index (Phi) is 5.24. The molecule has 3 aromatic rings. The molecule has 0 saturated heterocycles. The lowest BCUT2D eigenvalue weighted by atomic mass is 10.1. The van der Waals surface area contributed by atoms with Crippen molar-refractivity contribution in [2.24, 2.45) is 5.92 Å². The number of nitrogens with zero attached hydrogens (tertiary/aromatic N) is 3. The second kappa shape index (κ2) is 8.09. The van der Waals surface area contributed by atoms with E-state index in [-0.39, 0.29) is 17.7 Å². The molecule has 2 amide bonds. The first-order chi connectivity index (χ1) is 15.5. The third kappa shape index (κ3) is 3.58. The van der Waals surface area contributed by atoms with Gasteiger partial charge in [0, 0.05) is 36.2 Å². The van der Waals surface area contributed by atoms with Crippen molar-refractivity contribution in [2.45, 2.75) is 32.2 Å². The molecule has 2 aliphatic rings. The quantitative estimate of drug-likeness (QED) is 0.478. The Morgan fingerprint density at radius 1 is 1.25 bits per heavy atom. The highest BCUT2D eigenvalue weighted by Crippen LogP contribution is 2.43. The van der Waals surface area contributed by atoms with Gasteiger partial charge in [-0.05, 0) is 47.7 Å². The molecule has 166 valence electrons. The Bertz CT molecular complexity index is 1250. The van der Waals surface area contributed by atoms with Gasteiger partial charge < -0.3 is 20.7 Å². The number of benzene rings is 1. The standard InChI is InChI=1S/C22H23BrN6O3/c1-24-22(31)12-10-25-17(27-21(30)11-5-6-11)9-14(12)26-15-8-13(23)19-18(20(15)32-2)16-4-3-7-29(16)28-19/h8-11H,3-7H2,1-2H3,(H,24,31)(H2,25,26,27,30). The molecule has 0 unspecified atom stereocenters. The smallest absolute Gasteiger partial charge is 0.254 e. The summed E-state index contributed by atoms with van der Waals surface area (Å²) in [5, 5.41) is 14.5. The number of aromatic nitrogens is 3. The predicted molar refractivity (Wildman–Crippen MR) is 125 cm³/mol. The molecule has 1 aliphatic carbocycles. The van der Waals surface area contributed by atoms with Crippen LogP contribution in [0.25, 0.3) is 10.9 Å². The molecule has 0 spiro atoms. The highest BCUT2D eigenvalue weighted by molar-refractivity contribution is 9.10. The van der Waals surface area contributed by atoms with E-state index in [1.54, 1.807) is 20.2 Å². The molecule has 3 heterocycles. The summed E-state index contributed by atoms with van der Waals surface area (Å²) < 4.78 is 8.66. The van der Waals surface area contributed by atoms with Gasteiger partial charge in [0.2, 0.25) is 5.91 Å². The Balaban J connectivity index is 1.58. The molecule has 0 radical (unpaired) electrons. The Morgan fingerprint density at radius 3 is 2.78 bits per heavy atom. The van der Waals surface area contributed by atoms with Crippen molar-refractivity contribution in [3.8, 4) is 5.75 Å². The molecular formula is C22H23BrN6O3. The van der Waals surface area contributed by atoms with Gasteiger partial charge in [0.05, 0.1) is 35.1 Å². The number of nitrogens with one attached hydrogen (secondary N) is 3. The van der Waals surface area contributed by atoms with Crippen LogP contribution in [0, 0.1) is 5.92 Å². The van der Waals surface area contributed by atoms with Crippen molar-refractivity contribution >= 4 is 55.8 Å². The van der Waals surface area contributed by atoms with Crippen molar-refractivity contribution < 1.29 is 14.3 Å². The number of rotatable bonds is 6. The molecule has 1 aliphatic heterocycles. The number of carbonyl (C=O) groups is 2. The van der Waals surface area contributed by atoms with E-state index < -0.39 is 0 Å². The fourth-order valence-corrected chi connectivity index (χ4v) is 4.61. The summed E-state index contributed by atoms with van der Waals surface area (Å²) in [5.74, 6) is 0.769. The van der Waals surface area contributed by atoms with Crippen molar-refractivity contribution in [3.05, 3.63) is 34.1 Å². The number of hydrogen-bond acceptors (Lipinski definition) is 6. The van der Waals surface area contributed by atoms with Gasteiger partial charge in [0.1, 0.15) is 11.3 Å². The zero-order valence-electron chi connectivity index (χ0n) is 17.8. The molecule has 3 N–H and O–H groups in total. The van der Waals surface area contributed by atoms with Crippen LogP contribution in [0.1, 0.15) is 35.3 Å². The lowest BCUT2D eigenvalue weighted by Gasteiger charge is -2.17. The van der Waals surface area contributed by atoms with Crippen LogP contribution in [0.3, 0.4) is 0 Å². The van der Waals surface area contributed by atoms with Gasteiger partial charge in [0.15, 0.2) is 5.75 Å². The average Bonchev–Trinajstić information content (AvgIpc) is 3.43. The van der Waals surface area contributed by atoms with Gasteiger partial charge in [-0.15, -0.1) is 0 Å². The number of hydrogen-bond donors (Lipinski definition) is 3. The van der Waals surface area contributed by atoms with Crippen LogP contribution < -0.4 is 20.7 Å². The maximum atomic E-state index is 12.5. The minimum Gasteiger partial charge on any atom is -0.494 e. The van der Waals surface area contributed by atoms with Crippen molar-refractivity contribution in [1.82, 2.24) is 20.1 Å². The normalized spacial score (nSPS) is 14.8. The highest BCUT2D eigenvalue weighted by Gasteiger charge is 2.30. The summed E-state index contributed by atoms with van der Waals surface area (Å²) in [7, 11) is 3.19. The third-order valence-electron chi connectivity index (χ3n) is 5.86. The Morgan fingerprint density at radius 2 is 2.06 bits per heavy atom. The van der Waals surface area contributed by atoms with Gasteiger partial charge in [-0.1, -0.05) is 0 Å². The fourth-order valence-electron chi connectivity index (χ4n) is 4.10. The monoisotopic (exact) mass is 498 g/mol. The molecule has 0 bridgehead atoms. The molecule has 0 atom stereocenters. The first-order valence-corrected chi connectivity index (χ1v) is 11.3. The van der Waals surface area contributed by atoms with Gasteiger partial charge >= 0.3 is 0 Å². The van der Waals surface area contributed by atoms with E-state index in [2.05, 4.69) is 36.9 Å². The summed E-state index contributed by atoms with van der Waals surface area (Å²) in [5.41, 5.74) is 3.54. The summed E-state index contributed by atoms with van der Waals surface area (Å²) in [6.45, 7) is 0.887. The second-order valence-electron chi connectivity index (χ2n) is 8.02. The topological polar surface area (TPSA) is 110 Å². The van der Waals surface area contributed by atoms with Gasteiger partial charge in [0.25, 0.3) is 5.91 Å². The van der Waals surface area contributed by atoms with Gasteiger partial charge in [-0.2, -0.15) is 5.10 Å². The summed E-state index contributed by atoms with van der Waals surface area (Å²) >= 11 is 3.64. The van der Waals surface area contributed by atoms with Crippen LogP contribution in [0.4, 0.5) is 17.2 Å². The Hall–Kier alpha value is -3.14. The van der Waals surface area contributed by atoms with Crippen molar-refractivity contribution in [1.29, 1.82) is 0 Å². The first kappa shape index (κ1) is 20.7. The van der Waals surface area contributed by atoms with E-state index in [1.165, 1.54) is 6.20 Å². The summed E-state index contributed by atoms with van der Waals surface area (Å²) in [6, 6.07) is 3.56. The van der Waals surface area contributed by atoms with E-state index in [9.17, 15) is 9.59 Å². The lowest BCUT2D eigenvalue weighted by molar-refractivity contribution is -0.117. The predicted octanol–water partition coefficient (Wildman–Crippen LogP) is 3.60. The van der Waals surface area contributed by atoms with Crippen LogP contribution in [0.2, 0.25) is 0 Å². The number of fused-ring (bicyclic) bond motifs is 3. The maximum absolute atomic E-state index is 12.5. The molecular weight excluding hydrogens is 476 g/mol. The van der Waals surface area contributed by atoms with Crippen LogP contribution in [0.15, 0.2) is 22.8 Å². The molecule has 32 heavy (non-hydrogen) atoms. The fraction of sp³-hybridized carbons (Fsp3) is 0.364. The number of halogens is 1. The molecule has 9 nitrogen and oxygen atoms in total. The van der Waals surface area contributed by atoms with Crippen molar-refractivity contribution in [3.63, 3.8) is 0 Å². The Labute approximate surface area is 193 Å². The first-order valence-electron chi connectivity index (χ1n) is 10.6. The minimum atomic E-state index is -0.286. The molecule has 5 rings (SSSR count). The zero-order valence-corrected chi connectivity index (χ0v) is 19.4. The highest BCUT2D eigenvalue weighted by atomic mass is 79.9. The van der Waals surface area contributed by atoms with Gasteiger partial charge in [-0.25, -0.2) is 4.98 Å². The van der Waals surface area contributed by atoms with E-state index >= 15 is 0 Å². The second-order valence-corrected chi connectivity index (χ2v) is 8.87. The average molecular weight is 499 g/mol. The zero-order chi connectivity index (χ0) is 22.4. The molecule has 2 aromatic heterocycles. The molecule has 1 aromatic carbocycles. The number of anilines is 3. The number of carbonyl (C=O) groups excluding carboxylic acids is 2. The number of methoxy groups -OCH3 is 1. The van der Waals surface area contributed by atoms with E-state index in [0.29, 0.717) is 28.5 Å². The number of aryl methyl sites for hydroxylation is 2. The molecule has 1 saturated carbocycles.